The number of hydrogen-bond donors (Lipinski definition) is 1. The topological polar surface area (TPSA) is 29.5 Å². The van der Waals surface area contributed by atoms with Crippen LogP contribution in [0.2, 0.25) is 0 Å². The second kappa shape index (κ2) is 7.40. The van der Waals surface area contributed by atoms with E-state index in [0.717, 1.165) is 0 Å². The quantitative estimate of drug-likeness (QED) is 0.437. The maximum atomic E-state index is 8.25. The molecular formula is C7H12O2. The second-order valence-corrected chi connectivity index (χ2v) is 1.46. The SMILES string of the molecule is C=CC=CCOCCO. The Kier molecular flexibility index (Phi) is 6.91. The van der Waals surface area contributed by atoms with E-state index in [9.17, 15) is 0 Å². The number of aliphatic hydroxyl groups excluding tert-OH is 1. The first-order valence-electron chi connectivity index (χ1n) is 2.88. The van der Waals surface area contributed by atoms with Gasteiger partial charge in [0.2, 0.25) is 0 Å². The third kappa shape index (κ3) is 7.40. The van der Waals surface area contributed by atoms with Gasteiger partial charge < -0.3 is 9.84 Å². The third-order valence-corrected chi connectivity index (χ3v) is 0.722. The monoisotopic (exact) mass is 128 g/mol. The van der Waals surface area contributed by atoms with Crippen molar-refractivity contribution < 1.29 is 9.84 Å². The Morgan fingerprint density at radius 2 is 2.33 bits per heavy atom. The summed E-state index contributed by atoms with van der Waals surface area (Å²) >= 11 is 0. The zero-order valence-corrected chi connectivity index (χ0v) is 5.42. The van der Waals surface area contributed by atoms with Gasteiger partial charge in [-0.2, -0.15) is 0 Å². The maximum absolute atomic E-state index is 8.25. The summed E-state index contributed by atoms with van der Waals surface area (Å²) in [6.07, 6.45) is 5.32. The second-order valence-electron chi connectivity index (χ2n) is 1.46. The molecule has 0 aliphatic heterocycles. The van der Waals surface area contributed by atoms with Crippen LogP contribution in [0.4, 0.5) is 0 Å². The Labute approximate surface area is 55.5 Å². The molecule has 0 unspecified atom stereocenters. The molecule has 0 saturated heterocycles. The summed E-state index contributed by atoms with van der Waals surface area (Å²) in [5.74, 6) is 0. The number of rotatable bonds is 5. The summed E-state index contributed by atoms with van der Waals surface area (Å²) in [7, 11) is 0. The first-order chi connectivity index (χ1) is 4.41. The van der Waals surface area contributed by atoms with Crippen LogP contribution in [0.25, 0.3) is 0 Å². The predicted molar refractivity (Wildman–Crippen MR) is 37.2 cm³/mol. The van der Waals surface area contributed by atoms with E-state index < -0.39 is 0 Å². The van der Waals surface area contributed by atoms with Crippen LogP contribution in [0, 0.1) is 0 Å². The molecule has 0 amide bonds. The maximum Gasteiger partial charge on any atom is 0.0701 e. The zero-order chi connectivity index (χ0) is 6.95. The van der Waals surface area contributed by atoms with Crippen LogP contribution >= 0.6 is 0 Å². The molecule has 0 heterocycles. The lowest BCUT2D eigenvalue weighted by Crippen LogP contribution is -1.97. The van der Waals surface area contributed by atoms with Crippen molar-refractivity contribution in [3.63, 3.8) is 0 Å². The van der Waals surface area contributed by atoms with E-state index in [4.69, 9.17) is 9.84 Å². The molecule has 0 aliphatic rings. The molecule has 9 heavy (non-hydrogen) atoms. The molecule has 0 rings (SSSR count). The lowest BCUT2D eigenvalue weighted by Gasteiger charge is -1.93. The standard InChI is InChI=1S/C7H12O2/c1-2-3-4-6-9-7-5-8/h2-4,8H,1,5-7H2. The molecule has 0 radical (unpaired) electrons. The minimum absolute atomic E-state index is 0.0852. The summed E-state index contributed by atoms with van der Waals surface area (Å²) in [5, 5.41) is 8.25. The summed E-state index contributed by atoms with van der Waals surface area (Å²) in [5.41, 5.74) is 0. The number of ether oxygens (including phenoxy) is 1. The molecule has 0 aliphatic carbocycles. The van der Waals surface area contributed by atoms with Crippen LogP contribution in [0.5, 0.6) is 0 Å². The van der Waals surface area contributed by atoms with Crippen molar-refractivity contribution in [1.82, 2.24) is 0 Å². The largest absolute Gasteiger partial charge is 0.394 e. The zero-order valence-electron chi connectivity index (χ0n) is 5.42. The summed E-state index contributed by atoms with van der Waals surface area (Å²) in [4.78, 5) is 0. The van der Waals surface area contributed by atoms with Crippen LogP contribution in [0.3, 0.4) is 0 Å². The fourth-order valence-electron chi connectivity index (χ4n) is 0.368. The molecule has 0 aromatic carbocycles. The van der Waals surface area contributed by atoms with Crippen molar-refractivity contribution >= 4 is 0 Å². The average molecular weight is 128 g/mol. The Hall–Kier alpha value is -0.600. The molecular weight excluding hydrogens is 116 g/mol. The molecule has 0 atom stereocenters. The molecule has 2 nitrogen and oxygen atoms in total. The minimum atomic E-state index is 0.0852. The van der Waals surface area contributed by atoms with Gasteiger partial charge in [0.15, 0.2) is 0 Å². The van der Waals surface area contributed by atoms with Crippen molar-refractivity contribution in [3.8, 4) is 0 Å². The van der Waals surface area contributed by atoms with E-state index >= 15 is 0 Å². The highest BCUT2D eigenvalue weighted by Crippen LogP contribution is 1.76. The van der Waals surface area contributed by atoms with E-state index in [1.54, 1.807) is 12.2 Å². The van der Waals surface area contributed by atoms with Crippen molar-refractivity contribution in [2.75, 3.05) is 19.8 Å². The average Bonchev–Trinajstić information content (AvgIpc) is 1.89. The number of allylic oxidation sites excluding steroid dienone is 2. The molecule has 2 heteroatoms. The fourth-order valence-corrected chi connectivity index (χ4v) is 0.368. The van der Waals surface area contributed by atoms with Gasteiger partial charge in [-0.3, -0.25) is 0 Å². The fraction of sp³-hybridized carbons (Fsp3) is 0.429. The molecule has 0 spiro atoms. The van der Waals surface area contributed by atoms with Crippen LogP contribution < -0.4 is 0 Å². The molecule has 0 saturated carbocycles. The highest BCUT2D eigenvalue weighted by Gasteiger charge is 1.77. The summed E-state index contributed by atoms with van der Waals surface area (Å²) < 4.78 is 4.90. The van der Waals surface area contributed by atoms with E-state index in [0.29, 0.717) is 13.2 Å². The Morgan fingerprint density at radius 3 is 2.89 bits per heavy atom. The van der Waals surface area contributed by atoms with Gasteiger partial charge in [0.25, 0.3) is 0 Å². The van der Waals surface area contributed by atoms with Gasteiger partial charge in [-0.1, -0.05) is 24.8 Å². The van der Waals surface area contributed by atoms with Gasteiger partial charge in [-0.15, -0.1) is 0 Å². The van der Waals surface area contributed by atoms with Crippen LogP contribution in [-0.2, 0) is 4.74 Å². The number of aliphatic hydroxyl groups is 1. The van der Waals surface area contributed by atoms with Crippen molar-refractivity contribution in [1.29, 1.82) is 0 Å². The van der Waals surface area contributed by atoms with Crippen molar-refractivity contribution in [2.24, 2.45) is 0 Å². The van der Waals surface area contributed by atoms with Gasteiger partial charge >= 0.3 is 0 Å². The molecule has 0 aromatic rings. The lowest BCUT2D eigenvalue weighted by atomic mass is 10.5. The Balaban J connectivity index is 2.90. The first kappa shape index (κ1) is 8.40. The van der Waals surface area contributed by atoms with Crippen LogP contribution in [-0.4, -0.2) is 24.9 Å². The smallest absolute Gasteiger partial charge is 0.0701 e. The lowest BCUT2D eigenvalue weighted by molar-refractivity contribution is 0.112. The normalized spacial score (nSPS) is 10.3. The van der Waals surface area contributed by atoms with Crippen molar-refractivity contribution in [3.05, 3.63) is 24.8 Å². The van der Waals surface area contributed by atoms with Gasteiger partial charge in [-0.25, -0.2) is 0 Å². The highest BCUT2D eigenvalue weighted by atomic mass is 16.5. The molecule has 0 fully saturated rings. The van der Waals surface area contributed by atoms with E-state index in [2.05, 4.69) is 6.58 Å². The van der Waals surface area contributed by atoms with Crippen LogP contribution in [0.1, 0.15) is 0 Å². The van der Waals surface area contributed by atoms with Gasteiger partial charge in [-0.05, 0) is 0 Å². The summed E-state index contributed by atoms with van der Waals surface area (Å²) in [6, 6.07) is 0. The Morgan fingerprint density at radius 1 is 1.56 bits per heavy atom. The molecule has 0 aromatic heterocycles. The van der Waals surface area contributed by atoms with E-state index in [-0.39, 0.29) is 6.61 Å². The highest BCUT2D eigenvalue weighted by molar-refractivity contribution is 4.96. The predicted octanol–water partition coefficient (Wildman–Crippen LogP) is 0.737. The number of hydrogen-bond acceptors (Lipinski definition) is 2. The minimum Gasteiger partial charge on any atom is -0.394 e. The van der Waals surface area contributed by atoms with E-state index in [1.807, 2.05) is 6.08 Å². The van der Waals surface area contributed by atoms with Gasteiger partial charge in [0.05, 0.1) is 19.8 Å². The summed E-state index contributed by atoms with van der Waals surface area (Å²) in [6.45, 7) is 4.52. The van der Waals surface area contributed by atoms with Crippen LogP contribution in [0.15, 0.2) is 24.8 Å². The third-order valence-electron chi connectivity index (χ3n) is 0.722. The molecule has 52 valence electrons. The van der Waals surface area contributed by atoms with Gasteiger partial charge in [0, 0.05) is 0 Å². The van der Waals surface area contributed by atoms with E-state index in [1.165, 1.54) is 0 Å². The first-order valence-corrected chi connectivity index (χ1v) is 2.88. The molecule has 0 bridgehead atoms. The van der Waals surface area contributed by atoms with Crippen molar-refractivity contribution in [2.45, 2.75) is 0 Å². The molecule has 1 N–H and O–H groups in total. The van der Waals surface area contributed by atoms with Gasteiger partial charge in [0.1, 0.15) is 0 Å². The Bertz CT molecular complexity index is 86.9.